The molecule has 0 aliphatic carbocycles. The van der Waals surface area contributed by atoms with Gasteiger partial charge in [-0.25, -0.2) is 0 Å². The summed E-state index contributed by atoms with van der Waals surface area (Å²) in [5.41, 5.74) is 0.486. The first-order valence-corrected chi connectivity index (χ1v) is 10.2. The van der Waals surface area contributed by atoms with Crippen LogP contribution in [0.2, 0.25) is 5.02 Å². The number of para-hydroxylation sites is 1. The molecule has 29 heavy (non-hydrogen) atoms. The molecule has 146 valence electrons. The predicted octanol–water partition coefficient (Wildman–Crippen LogP) is 5.11. The molecule has 0 aromatic heterocycles. The Morgan fingerprint density at radius 2 is 1.66 bits per heavy atom. The Hall–Kier alpha value is -2.47. The summed E-state index contributed by atoms with van der Waals surface area (Å²) in [7, 11) is 0. The van der Waals surface area contributed by atoms with Crippen molar-refractivity contribution in [3.05, 3.63) is 99.0 Å². The monoisotopic (exact) mass is 469 g/mol. The summed E-state index contributed by atoms with van der Waals surface area (Å²) in [6, 6.07) is 21.1. The fourth-order valence-electron chi connectivity index (χ4n) is 3.58. The third-order valence-corrected chi connectivity index (χ3v) is 5.86. The van der Waals surface area contributed by atoms with E-state index in [9.17, 15) is 14.7 Å². The van der Waals surface area contributed by atoms with Gasteiger partial charge in [0, 0.05) is 20.6 Å². The number of hydrogen-bond acceptors (Lipinski definition) is 3. The van der Waals surface area contributed by atoms with E-state index < -0.39 is 11.5 Å². The fraction of sp³-hybridized carbons (Fsp3) is 0.130. The summed E-state index contributed by atoms with van der Waals surface area (Å²) in [5, 5.41) is 12.0. The van der Waals surface area contributed by atoms with E-state index in [2.05, 4.69) is 15.9 Å². The summed E-state index contributed by atoms with van der Waals surface area (Å²) in [6.07, 6.45) is -0.318. The number of fused-ring (bicyclic) bond motifs is 1. The number of Topliss-reactive ketones (excluding diaryl/α,β-unsaturated/α-hetero) is 1. The van der Waals surface area contributed by atoms with E-state index in [1.165, 1.54) is 4.90 Å². The number of aliphatic hydroxyl groups is 1. The molecule has 0 saturated heterocycles. The zero-order chi connectivity index (χ0) is 20.6. The standard InChI is InChI=1S/C23H17BrClNO3/c24-17-9-7-16(8-10-17)21(27)13-23(29)19-3-1-2-4-20(19)26(22(23)28)14-15-5-11-18(25)12-6-15/h1-12,29H,13-14H2. The van der Waals surface area contributed by atoms with Crippen LogP contribution in [0.25, 0.3) is 0 Å². The van der Waals surface area contributed by atoms with Gasteiger partial charge in [-0.15, -0.1) is 0 Å². The van der Waals surface area contributed by atoms with Crippen LogP contribution in [-0.4, -0.2) is 16.8 Å². The lowest BCUT2D eigenvalue weighted by Crippen LogP contribution is -2.41. The van der Waals surface area contributed by atoms with Crippen molar-refractivity contribution in [1.29, 1.82) is 0 Å². The highest BCUT2D eigenvalue weighted by Gasteiger charge is 2.50. The van der Waals surface area contributed by atoms with Crippen molar-refractivity contribution in [2.45, 2.75) is 18.6 Å². The molecule has 4 nitrogen and oxygen atoms in total. The molecule has 1 heterocycles. The molecular formula is C23H17BrClNO3. The van der Waals surface area contributed by atoms with Gasteiger partial charge in [0.2, 0.25) is 0 Å². The molecule has 1 aliphatic heterocycles. The van der Waals surface area contributed by atoms with Crippen molar-refractivity contribution in [3.8, 4) is 0 Å². The van der Waals surface area contributed by atoms with E-state index in [0.717, 1.165) is 10.0 Å². The van der Waals surface area contributed by atoms with E-state index in [1.54, 1.807) is 54.6 Å². The zero-order valence-corrected chi connectivity index (χ0v) is 17.7. The van der Waals surface area contributed by atoms with Gasteiger partial charge >= 0.3 is 0 Å². The highest BCUT2D eigenvalue weighted by atomic mass is 79.9. The minimum absolute atomic E-state index is 0.280. The second-order valence-electron chi connectivity index (χ2n) is 7.00. The maximum atomic E-state index is 13.3. The molecule has 0 saturated carbocycles. The second kappa shape index (κ2) is 7.75. The smallest absolute Gasteiger partial charge is 0.264 e. The molecule has 1 amide bonds. The summed E-state index contributed by atoms with van der Waals surface area (Å²) in [6.45, 7) is 0.280. The number of anilines is 1. The quantitative estimate of drug-likeness (QED) is 0.527. The SMILES string of the molecule is O=C(CC1(O)C(=O)N(Cc2ccc(Cl)cc2)c2ccccc21)c1ccc(Br)cc1. The van der Waals surface area contributed by atoms with Crippen LogP contribution in [0.15, 0.2) is 77.3 Å². The Bertz CT molecular complexity index is 1080. The number of benzene rings is 3. The highest BCUT2D eigenvalue weighted by Crippen LogP contribution is 2.43. The topological polar surface area (TPSA) is 57.6 Å². The zero-order valence-electron chi connectivity index (χ0n) is 15.3. The van der Waals surface area contributed by atoms with Crippen LogP contribution in [0, 0.1) is 0 Å². The number of hydrogen-bond donors (Lipinski definition) is 1. The number of nitrogens with zero attached hydrogens (tertiary/aromatic N) is 1. The van der Waals surface area contributed by atoms with Crippen LogP contribution in [0.5, 0.6) is 0 Å². The highest BCUT2D eigenvalue weighted by molar-refractivity contribution is 9.10. The first-order valence-electron chi connectivity index (χ1n) is 9.05. The molecule has 6 heteroatoms. The summed E-state index contributed by atoms with van der Waals surface area (Å²) < 4.78 is 0.851. The van der Waals surface area contributed by atoms with Crippen molar-refractivity contribution >= 4 is 44.9 Å². The Balaban J connectivity index is 1.66. The van der Waals surface area contributed by atoms with E-state index >= 15 is 0 Å². The molecule has 0 bridgehead atoms. The Labute approximate surface area is 181 Å². The molecule has 1 aliphatic rings. The van der Waals surface area contributed by atoms with Gasteiger partial charge in [-0.1, -0.05) is 70.0 Å². The molecule has 1 N–H and O–H groups in total. The van der Waals surface area contributed by atoms with Crippen LogP contribution in [0.3, 0.4) is 0 Å². The van der Waals surface area contributed by atoms with Crippen LogP contribution in [0.1, 0.15) is 27.9 Å². The Morgan fingerprint density at radius 3 is 2.34 bits per heavy atom. The van der Waals surface area contributed by atoms with E-state index in [0.29, 0.717) is 21.8 Å². The minimum Gasteiger partial charge on any atom is -0.375 e. The summed E-state index contributed by atoms with van der Waals surface area (Å²) >= 11 is 9.29. The molecule has 1 unspecified atom stereocenters. The van der Waals surface area contributed by atoms with Crippen LogP contribution in [0.4, 0.5) is 5.69 Å². The van der Waals surface area contributed by atoms with Gasteiger partial charge in [-0.2, -0.15) is 0 Å². The molecule has 1 atom stereocenters. The largest absolute Gasteiger partial charge is 0.375 e. The van der Waals surface area contributed by atoms with Gasteiger partial charge in [-0.3, -0.25) is 9.59 Å². The predicted molar refractivity (Wildman–Crippen MR) is 116 cm³/mol. The summed E-state index contributed by atoms with van der Waals surface area (Å²) in [5.74, 6) is -0.796. The van der Waals surface area contributed by atoms with Gasteiger partial charge in [0.05, 0.1) is 18.7 Å². The van der Waals surface area contributed by atoms with Crippen molar-refractivity contribution < 1.29 is 14.7 Å². The molecule has 3 aromatic rings. The second-order valence-corrected chi connectivity index (χ2v) is 8.35. The van der Waals surface area contributed by atoms with E-state index in [1.807, 2.05) is 18.2 Å². The maximum absolute atomic E-state index is 13.3. The summed E-state index contributed by atoms with van der Waals surface area (Å²) in [4.78, 5) is 27.6. The third-order valence-electron chi connectivity index (χ3n) is 5.08. The first-order chi connectivity index (χ1) is 13.9. The van der Waals surface area contributed by atoms with Crippen molar-refractivity contribution in [3.63, 3.8) is 0 Å². The Morgan fingerprint density at radius 1 is 1.00 bits per heavy atom. The number of rotatable bonds is 5. The van der Waals surface area contributed by atoms with Gasteiger partial charge in [0.25, 0.3) is 5.91 Å². The van der Waals surface area contributed by atoms with Crippen LogP contribution < -0.4 is 4.90 Å². The van der Waals surface area contributed by atoms with Crippen LogP contribution in [-0.2, 0) is 16.9 Å². The third kappa shape index (κ3) is 3.73. The van der Waals surface area contributed by atoms with E-state index in [4.69, 9.17) is 11.6 Å². The fourth-order valence-corrected chi connectivity index (χ4v) is 3.97. The van der Waals surface area contributed by atoms with Crippen molar-refractivity contribution in [2.75, 3.05) is 4.90 Å². The van der Waals surface area contributed by atoms with Gasteiger partial charge in [-0.05, 0) is 35.9 Å². The van der Waals surface area contributed by atoms with E-state index in [-0.39, 0.29) is 18.7 Å². The molecule has 0 fully saturated rings. The number of amides is 1. The lowest BCUT2D eigenvalue weighted by Gasteiger charge is -2.23. The normalized spacial score (nSPS) is 18.0. The lowest BCUT2D eigenvalue weighted by atomic mass is 9.88. The first kappa shape index (κ1) is 19.8. The Kier molecular flexibility index (Phi) is 5.30. The average Bonchev–Trinajstić information content (AvgIpc) is 2.92. The van der Waals surface area contributed by atoms with Gasteiger partial charge in [0.15, 0.2) is 11.4 Å². The average molecular weight is 471 g/mol. The minimum atomic E-state index is -1.90. The molecule has 0 spiro atoms. The van der Waals surface area contributed by atoms with Crippen molar-refractivity contribution in [2.24, 2.45) is 0 Å². The number of ketones is 1. The van der Waals surface area contributed by atoms with Crippen LogP contribution >= 0.6 is 27.5 Å². The number of carbonyl (C=O) groups is 2. The maximum Gasteiger partial charge on any atom is 0.264 e. The number of carbonyl (C=O) groups excluding carboxylic acids is 2. The molecule has 4 rings (SSSR count). The van der Waals surface area contributed by atoms with Gasteiger partial charge in [0.1, 0.15) is 0 Å². The van der Waals surface area contributed by atoms with Gasteiger partial charge < -0.3 is 10.0 Å². The molecule has 3 aromatic carbocycles. The molecule has 0 radical (unpaired) electrons. The lowest BCUT2D eigenvalue weighted by molar-refractivity contribution is -0.136. The number of halogens is 2. The van der Waals surface area contributed by atoms with Crippen molar-refractivity contribution in [1.82, 2.24) is 0 Å². The molecular weight excluding hydrogens is 454 g/mol.